The number of hydrogen-bond donors (Lipinski definition) is 2. The third kappa shape index (κ3) is 4.91. The summed E-state index contributed by atoms with van der Waals surface area (Å²) in [7, 11) is 1.56. The lowest BCUT2D eigenvalue weighted by Gasteiger charge is -2.25. The van der Waals surface area contributed by atoms with Crippen LogP contribution < -0.4 is 16.0 Å². The highest BCUT2D eigenvalue weighted by Gasteiger charge is 2.26. The molecule has 21 heavy (non-hydrogen) atoms. The molecule has 118 valence electrons. The molecule has 0 aromatic heterocycles. The molecule has 1 amide bonds. The van der Waals surface area contributed by atoms with E-state index in [9.17, 15) is 4.79 Å². The number of carbonyl (C=O) groups is 1. The fourth-order valence-electron chi connectivity index (χ4n) is 1.74. The smallest absolute Gasteiger partial charge is 0.412 e. The largest absolute Gasteiger partial charge is 0.496 e. The van der Waals surface area contributed by atoms with Crippen molar-refractivity contribution in [1.29, 1.82) is 0 Å². The monoisotopic (exact) mass is 296 g/mol. The summed E-state index contributed by atoms with van der Waals surface area (Å²) in [6.45, 7) is 9.02. The molecule has 0 radical (unpaired) electrons. The van der Waals surface area contributed by atoms with Gasteiger partial charge in [0.2, 0.25) is 0 Å². The number of anilines is 1. The van der Waals surface area contributed by atoms with E-state index in [2.05, 4.69) is 5.32 Å². The molecule has 1 rings (SSSR count). The fraction of sp³-hybridized carbons (Fsp3) is 0.533. The first-order valence-electron chi connectivity index (χ1n) is 6.65. The highest BCUT2D eigenvalue weighted by atomic mass is 16.6. The van der Waals surface area contributed by atoms with Crippen LogP contribution in [0.25, 0.3) is 0 Å². The van der Waals surface area contributed by atoms with E-state index >= 15 is 0 Å². The first-order chi connectivity index (χ1) is 9.59. The normalized spacial score (nSPS) is 12.0. The van der Waals surface area contributed by atoms with Crippen LogP contribution in [0.3, 0.4) is 0 Å². The zero-order valence-corrected chi connectivity index (χ0v) is 13.4. The maximum Gasteiger partial charge on any atom is 0.412 e. The zero-order chi connectivity index (χ0) is 16.3. The summed E-state index contributed by atoms with van der Waals surface area (Å²) in [5.41, 5.74) is -0.0121. The van der Waals surface area contributed by atoms with Gasteiger partial charge in [-0.15, -0.1) is 0 Å². The summed E-state index contributed by atoms with van der Waals surface area (Å²) in [6.07, 6.45) is -0.523. The molecule has 1 aromatic carbocycles. The Bertz CT molecular complexity index is 507. The van der Waals surface area contributed by atoms with Gasteiger partial charge in [0.15, 0.2) is 0 Å². The number of amides is 1. The van der Waals surface area contributed by atoms with Crippen LogP contribution in [0.2, 0.25) is 0 Å². The minimum Gasteiger partial charge on any atom is -0.496 e. The van der Waals surface area contributed by atoms with Gasteiger partial charge < -0.3 is 9.47 Å². The summed E-state index contributed by atoms with van der Waals surface area (Å²) in [6, 6.07) is 5.21. The molecule has 0 saturated carbocycles. The molecule has 0 aliphatic carbocycles. The van der Waals surface area contributed by atoms with Crippen LogP contribution in [0.15, 0.2) is 18.2 Å². The van der Waals surface area contributed by atoms with Crippen molar-refractivity contribution in [2.45, 2.75) is 45.8 Å². The van der Waals surface area contributed by atoms with Gasteiger partial charge in [-0.3, -0.25) is 10.2 Å². The van der Waals surface area contributed by atoms with Crippen LogP contribution in [-0.4, -0.2) is 18.8 Å². The van der Waals surface area contributed by atoms with Gasteiger partial charge in [-0.25, -0.2) is 10.7 Å². The lowest BCUT2D eigenvalue weighted by molar-refractivity contribution is -0.0250. The summed E-state index contributed by atoms with van der Waals surface area (Å²) < 4.78 is 10.5. The number of benzene rings is 1. The van der Waals surface area contributed by atoms with E-state index in [1.165, 1.54) is 0 Å². The molecule has 6 heteroatoms. The van der Waals surface area contributed by atoms with Crippen LogP contribution in [0, 0.1) is 0 Å². The quantitative estimate of drug-likeness (QED) is 0.834. The summed E-state index contributed by atoms with van der Waals surface area (Å²) in [5, 5.41) is 2.67. The Morgan fingerprint density at radius 3 is 2.29 bits per heavy atom. The van der Waals surface area contributed by atoms with Gasteiger partial charge in [0.1, 0.15) is 17.0 Å². The second-order valence-electron chi connectivity index (χ2n) is 6.17. The van der Waals surface area contributed by atoms with E-state index in [0.29, 0.717) is 11.4 Å². The van der Waals surface area contributed by atoms with Crippen molar-refractivity contribution < 1.29 is 19.1 Å². The van der Waals surface area contributed by atoms with Gasteiger partial charge in [-0.2, -0.15) is 0 Å². The maximum atomic E-state index is 11.8. The summed E-state index contributed by atoms with van der Waals surface area (Å²) >= 11 is 0. The Balaban J connectivity index is 3.01. The Labute approximate surface area is 125 Å². The lowest BCUT2D eigenvalue weighted by Crippen LogP contribution is -2.28. The number of nitrogens with one attached hydrogen (secondary N) is 1. The highest BCUT2D eigenvalue weighted by molar-refractivity contribution is 5.85. The molecule has 1 aromatic rings. The van der Waals surface area contributed by atoms with Crippen LogP contribution in [-0.2, 0) is 15.2 Å². The average molecular weight is 296 g/mol. The summed E-state index contributed by atoms with van der Waals surface area (Å²) in [5.74, 6) is 5.95. The standard InChI is InChI=1S/C15H24N2O4/c1-14(2,3)20-13(18)17-10-7-8-12(19-6)11(9-10)15(4,5)21-16/h7-9H,16H2,1-6H3,(H,17,18). The fourth-order valence-corrected chi connectivity index (χ4v) is 1.74. The van der Waals surface area contributed by atoms with Gasteiger partial charge in [0, 0.05) is 11.3 Å². The van der Waals surface area contributed by atoms with E-state index in [-0.39, 0.29) is 0 Å². The maximum absolute atomic E-state index is 11.8. The van der Waals surface area contributed by atoms with Crippen LogP contribution >= 0.6 is 0 Å². The molecule has 6 nitrogen and oxygen atoms in total. The van der Waals surface area contributed by atoms with Crippen molar-refractivity contribution in [3.63, 3.8) is 0 Å². The van der Waals surface area contributed by atoms with E-state index in [4.69, 9.17) is 20.2 Å². The topological polar surface area (TPSA) is 82.8 Å². The van der Waals surface area contributed by atoms with Crippen molar-refractivity contribution in [1.82, 2.24) is 0 Å². The van der Waals surface area contributed by atoms with Crippen molar-refractivity contribution in [3.8, 4) is 5.75 Å². The number of ether oxygens (including phenoxy) is 2. The molecule has 0 atom stereocenters. The van der Waals surface area contributed by atoms with Crippen molar-refractivity contribution in [3.05, 3.63) is 23.8 Å². The van der Waals surface area contributed by atoms with E-state index in [0.717, 1.165) is 5.56 Å². The van der Waals surface area contributed by atoms with Crippen LogP contribution in [0.1, 0.15) is 40.2 Å². The van der Waals surface area contributed by atoms with Crippen LogP contribution in [0.4, 0.5) is 10.5 Å². The first kappa shape index (κ1) is 17.3. The Morgan fingerprint density at radius 1 is 1.19 bits per heavy atom. The molecule has 0 fully saturated rings. The molecular formula is C15H24N2O4. The van der Waals surface area contributed by atoms with Gasteiger partial charge in [0.25, 0.3) is 0 Å². The molecular weight excluding hydrogens is 272 g/mol. The third-order valence-electron chi connectivity index (χ3n) is 2.79. The molecule has 0 bridgehead atoms. The Hall–Kier alpha value is -1.79. The molecule has 3 N–H and O–H groups in total. The number of methoxy groups -OCH3 is 1. The van der Waals surface area contributed by atoms with Gasteiger partial charge >= 0.3 is 6.09 Å². The number of nitrogens with two attached hydrogens (primary N) is 1. The van der Waals surface area contributed by atoms with Crippen LogP contribution in [0.5, 0.6) is 5.75 Å². The highest BCUT2D eigenvalue weighted by Crippen LogP contribution is 2.33. The SMILES string of the molecule is COc1ccc(NC(=O)OC(C)(C)C)cc1C(C)(C)ON. The van der Waals surface area contributed by atoms with Crippen molar-refractivity contribution in [2.75, 3.05) is 12.4 Å². The lowest BCUT2D eigenvalue weighted by atomic mass is 9.96. The molecule has 0 aliphatic heterocycles. The molecule has 0 aliphatic rings. The first-order valence-corrected chi connectivity index (χ1v) is 6.65. The number of carbonyl (C=O) groups excluding carboxylic acids is 1. The minimum atomic E-state index is -0.753. The van der Waals surface area contributed by atoms with E-state index in [1.807, 2.05) is 13.8 Å². The molecule has 0 saturated heterocycles. The van der Waals surface area contributed by atoms with Crippen molar-refractivity contribution in [2.24, 2.45) is 5.90 Å². The van der Waals surface area contributed by atoms with E-state index < -0.39 is 17.3 Å². The van der Waals surface area contributed by atoms with E-state index in [1.54, 1.807) is 46.1 Å². The molecule has 0 spiro atoms. The second kappa shape index (κ2) is 6.32. The van der Waals surface area contributed by atoms with Crippen molar-refractivity contribution >= 4 is 11.8 Å². The minimum absolute atomic E-state index is 0.523. The number of rotatable bonds is 4. The second-order valence-corrected chi connectivity index (χ2v) is 6.17. The Morgan fingerprint density at radius 2 is 1.81 bits per heavy atom. The number of hydrogen-bond acceptors (Lipinski definition) is 5. The van der Waals surface area contributed by atoms with Gasteiger partial charge in [-0.05, 0) is 52.8 Å². The summed E-state index contributed by atoms with van der Waals surface area (Å²) in [4.78, 5) is 16.8. The zero-order valence-electron chi connectivity index (χ0n) is 13.4. The predicted octanol–water partition coefficient (Wildman–Crippen LogP) is 3.17. The van der Waals surface area contributed by atoms with Gasteiger partial charge in [-0.1, -0.05) is 0 Å². The Kier molecular flexibility index (Phi) is 5.20. The third-order valence-corrected chi connectivity index (χ3v) is 2.79. The molecule has 0 heterocycles. The van der Waals surface area contributed by atoms with Gasteiger partial charge in [0.05, 0.1) is 7.11 Å². The average Bonchev–Trinajstić information content (AvgIpc) is 2.36. The molecule has 0 unspecified atom stereocenters. The predicted molar refractivity (Wildman–Crippen MR) is 81.1 cm³/mol.